The van der Waals surface area contributed by atoms with Crippen LogP contribution in [0, 0.1) is 12.7 Å². The number of aromatic nitrogens is 5. The molecule has 0 saturated carbocycles. The molecule has 9 heteroatoms. The van der Waals surface area contributed by atoms with E-state index in [-0.39, 0.29) is 11.7 Å². The summed E-state index contributed by atoms with van der Waals surface area (Å²) in [5.41, 5.74) is 4.86. The predicted octanol–water partition coefficient (Wildman–Crippen LogP) is 3.06. The molecule has 0 bridgehead atoms. The average molecular weight is 406 g/mol. The van der Waals surface area contributed by atoms with Gasteiger partial charge in [-0.25, -0.2) is 4.39 Å². The smallest absolute Gasteiger partial charge is 0.171 e. The molecule has 0 fully saturated rings. The molecule has 0 aliphatic carbocycles. The molecule has 8 nitrogen and oxygen atoms in total. The number of hydrogen-bond donors (Lipinski definition) is 1. The number of halogens is 1. The second-order valence-electron chi connectivity index (χ2n) is 7.70. The van der Waals surface area contributed by atoms with Crippen LogP contribution in [0.5, 0.6) is 11.5 Å². The van der Waals surface area contributed by atoms with Gasteiger partial charge in [0.2, 0.25) is 0 Å². The lowest BCUT2D eigenvalue weighted by molar-refractivity contribution is 0.249. The summed E-state index contributed by atoms with van der Waals surface area (Å²) in [6.45, 7) is 3.12. The Balaban J connectivity index is 1.53. The van der Waals surface area contributed by atoms with E-state index in [9.17, 15) is 4.39 Å². The van der Waals surface area contributed by atoms with E-state index in [1.54, 1.807) is 12.4 Å². The number of pyridine rings is 1. The molecule has 2 aliphatic rings. The molecular formula is C21H19FN6O2. The van der Waals surface area contributed by atoms with Crippen LogP contribution in [0.15, 0.2) is 30.6 Å². The topological polar surface area (TPSA) is 78.5 Å². The van der Waals surface area contributed by atoms with Crippen LogP contribution < -0.4 is 14.8 Å². The summed E-state index contributed by atoms with van der Waals surface area (Å²) in [4.78, 5) is 0. The van der Waals surface area contributed by atoms with Gasteiger partial charge in [-0.2, -0.15) is 5.10 Å². The van der Waals surface area contributed by atoms with Crippen LogP contribution in [0.4, 0.5) is 10.2 Å². The summed E-state index contributed by atoms with van der Waals surface area (Å²) in [6, 6.07) is 7.10. The van der Waals surface area contributed by atoms with Crippen LogP contribution in [0.1, 0.15) is 22.7 Å². The highest BCUT2D eigenvalue weighted by atomic mass is 19.1. The Morgan fingerprint density at radius 2 is 2.00 bits per heavy atom. The maximum Gasteiger partial charge on any atom is 0.171 e. The third kappa shape index (κ3) is 2.41. The Labute approximate surface area is 171 Å². The average Bonchev–Trinajstić information content (AvgIpc) is 3.44. The highest BCUT2D eigenvalue weighted by Gasteiger charge is 2.31. The van der Waals surface area contributed by atoms with Gasteiger partial charge >= 0.3 is 0 Å². The maximum absolute atomic E-state index is 14.7. The molecule has 1 atom stereocenters. The molecule has 1 aromatic carbocycles. The normalized spacial score (nSPS) is 17.2. The number of nitrogens with one attached hydrogen (secondary N) is 1. The minimum absolute atomic E-state index is 0.0301. The molecule has 5 heterocycles. The van der Waals surface area contributed by atoms with Crippen molar-refractivity contribution >= 4 is 11.5 Å². The van der Waals surface area contributed by atoms with Gasteiger partial charge in [-0.05, 0) is 31.2 Å². The summed E-state index contributed by atoms with van der Waals surface area (Å²) in [7, 11) is 1.90. The largest absolute Gasteiger partial charge is 0.493 e. The molecule has 0 saturated heterocycles. The van der Waals surface area contributed by atoms with Crippen LogP contribution in [-0.4, -0.2) is 37.6 Å². The van der Waals surface area contributed by atoms with Crippen molar-refractivity contribution in [3.8, 4) is 22.8 Å². The van der Waals surface area contributed by atoms with Gasteiger partial charge in [0, 0.05) is 30.3 Å². The van der Waals surface area contributed by atoms with Gasteiger partial charge in [-0.1, -0.05) is 0 Å². The molecular weight excluding hydrogens is 387 g/mol. The van der Waals surface area contributed by atoms with Gasteiger partial charge in [0.15, 0.2) is 17.2 Å². The third-order valence-electron chi connectivity index (χ3n) is 5.80. The number of aryl methyl sites for hydroxylation is 2. The fourth-order valence-corrected chi connectivity index (χ4v) is 4.44. The lowest BCUT2D eigenvalue weighted by Crippen LogP contribution is -2.13. The number of rotatable bonds is 1. The minimum Gasteiger partial charge on any atom is -0.493 e. The van der Waals surface area contributed by atoms with Crippen molar-refractivity contribution in [2.24, 2.45) is 7.05 Å². The number of anilines is 1. The van der Waals surface area contributed by atoms with Gasteiger partial charge in [-0.3, -0.25) is 9.08 Å². The van der Waals surface area contributed by atoms with E-state index in [0.29, 0.717) is 42.5 Å². The van der Waals surface area contributed by atoms with Gasteiger partial charge < -0.3 is 14.8 Å². The maximum atomic E-state index is 14.7. The van der Waals surface area contributed by atoms with E-state index < -0.39 is 0 Å². The zero-order valence-corrected chi connectivity index (χ0v) is 16.5. The van der Waals surface area contributed by atoms with E-state index in [2.05, 4.69) is 20.6 Å². The van der Waals surface area contributed by atoms with E-state index >= 15 is 0 Å². The lowest BCUT2D eigenvalue weighted by atomic mass is 9.96. The SMILES string of the molecule is Cc1cc(-c2cc3c(n4cnnc24)NCc2c(F)ccc4c2C(CO4)CO3)n(C)n1. The molecule has 6 rings (SSSR count). The second kappa shape index (κ2) is 6.19. The summed E-state index contributed by atoms with van der Waals surface area (Å²) < 4.78 is 30.4. The van der Waals surface area contributed by atoms with Crippen molar-refractivity contribution in [2.45, 2.75) is 19.4 Å². The van der Waals surface area contributed by atoms with Crippen molar-refractivity contribution in [1.29, 1.82) is 0 Å². The first kappa shape index (κ1) is 17.3. The Kier molecular flexibility index (Phi) is 3.56. The zero-order chi connectivity index (χ0) is 20.4. The summed E-state index contributed by atoms with van der Waals surface area (Å²) in [5.74, 6) is 1.79. The van der Waals surface area contributed by atoms with Crippen molar-refractivity contribution in [2.75, 3.05) is 18.5 Å². The summed E-state index contributed by atoms with van der Waals surface area (Å²) >= 11 is 0. The molecule has 0 radical (unpaired) electrons. The molecule has 30 heavy (non-hydrogen) atoms. The highest BCUT2D eigenvalue weighted by molar-refractivity contribution is 5.80. The van der Waals surface area contributed by atoms with Crippen LogP contribution in [-0.2, 0) is 13.6 Å². The number of ether oxygens (including phenoxy) is 2. The second-order valence-corrected chi connectivity index (χ2v) is 7.70. The van der Waals surface area contributed by atoms with E-state index in [4.69, 9.17) is 9.47 Å². The van der Waals surface area contributed by atoms with Crippen LogP contribution >= 0.6 is 0 Å². The molecule has 4 aromatic rings. The summed E-state index contributed by atoms with van der Waals surface area (Å²) in [6.07, 6.45) is 1.63. The number of fused-ring (bicyclic) bond motifs is 3. The van der Waals surface area contributed by atoms with Crippen LogP contribution in [0.3, 0.4) is 0 Å². The zero-order valence-electron chi connectivity index (χ0n) is 16.5. The van der Waals surface area contributed by atoms with E-state index in [1.165, 1.54) is 6.07 Å². The Hall–Kier alpha value is -3.62. The van der Waals surface area contributed by atoms with Gasteiger partial charge in [-0.15, -0.1) is 10.2 Å². The monoisotopic (exact) mass is 406 g/mol. The molecule has 2 aliphatic heterocycles. The molecule has 152 valence electrons. The van der Waals surface area contributed by atoms with Crippen LogP contribution in [0.2, 0.25) is 0 Å². The van der Waals surface area contributed by atoms with Crippen molar-refractivity contribution in [3.63, 3.8) is 0 Å². The number of hydrogen-bond acceptors (Lipinski definition) is 6. The van der Waals surface area contributed by atoms with E-state index in [0.717, 1.165) is 28.3 Å². The molecule has 0 spiro atoms. The van der Waals surface area contributed by atoms with E-state index in [1.807, 2.05) is 35.2 Å². The predicted molar refractivity (Wildman–Crippen MR) is 107 cm³/mol. The van der Waals surface area contributed by atoms with Crippen LogP contribution in [0.25, 0.3) is 16.9 Å². The minimum atomic E-state index is -0.248. The molecule has 3 aromatic heterocycles. The van der Waals surface area contributed by atoms with Crippen molar-refractivity contribution in [3.05, 3.63) is 53.2 Å². The Bertz CT molecular complexity index is 1310. The fourth-order valence-electron chi connectivity index (χ4n) is 4.44. The standard InChI is InChI=1S/C21H19FN6O2/c1-11-5-16(27(2)26-11)13-6-18-21(28-10-24-25-20(13)28)23-7-14-15(22)3-4-17-19(14)12(8-29-17)9-30-18/h3-6,10,12,23H,7-9H2,1-2H3. The molecule has 1 unspecified atom stereocenters. The number of benzene rings is 1. The Morgan fingerprint density at radius 1 is 1.17 bits per heavy atom. The highest BCUT2D eigenvalue weighted by Crippen LogP contribution is 2.41. The quantitative estimate of drug-likeness (QED) is 0.524. The lowest BCUT2D eigenvalue weighted by Gasteiger charge is -2.16. The first-order valence-electron chi connectivity index (χ1n) is 9.78. The first-order valence-corrected chi connectivity index (χ1v) is 9.78. The third-order valence-corrected chi connectivity index (χ3v) is 5.80. The summed E-state index contributed by atoms with van der Waals surface area (Å²) in [5, 5.41) is 16.2. The molecule has 0 amide bonds. The Morgan fingerprint density at radius 3 is 2.80 bits per heavy atom. The first-order chi connectivity index (χ1) is 14.6. The van der Waals surface area contributed by atoms with Gasteiger partial charge in [0.25, 0.3) is 0 Å². The fraction of sp³-hybridized carbons (Fsp3) is 0.286. The van der Waals surface area contributed by atoms with Crippen molar-refractivity contribution in [1.82, 2.24) is 24.4 Å². The van der Waals surface area contributed by atoms with Gasteiger partial charge in [0.05, 0.1) is 30.5 Å². The molecule has 1 N–H and O–H groups in total. The van der Waals surface area contributed by atoms with Gasteiger partial charge in [0.1, 0.15) is 17.9 Å². The van der Waals surface area contributed by atoms with Crippen molar-refractivity contribution < 1.29 is 13.9 Å². The number of nitrogens with zero attached hydrogens (tertiary/aromatic N) is 5.